The van der Waals surface area contributed by atoms with Gasteiger partial charge in [0, 0.05) is 18.8 Å². The monoisotopic (exact) mass is 172 g/mol. The Morgan fingerprint density at radius 2 is 2.17 bits per heavy atom. The molecule has 1 fully saturated rings. The molecule has 3 N–H and O–H groups in total. The first kappa shape index (κ1) is 9.48. The van der Waals surface area contributed by atoms with Crippen molar-refractivity contribution in [3.8, 4) is 0 Å². The molecule has 1 rings (SSSR count). The molecule has 4 nitrogen and oxygen atoms in total. The van der Waals surface area contributed by atoms with Crippen LogP contribution < -0.4 is 11.1 Å². The predicted octanol–water partition coefficient (Wildman–Crippen LogP) is -0.370. The van der Waals surface area contributed by atoms with E-state index in [9.17, 15) is 4.79 Å². The van der Waals surface area contributed by atoms with Crippen LogP contribution in [-0.4, -0.2) is 31.2 Å². The van der Waals surface area contributed by atoms with E-state index in [0.717, 1.165) is 26.1 Å². The number of ether oxygens (including phenoxy) is 1. The van der Waals surface area contributed by atoms with Crippen LogP contribution in [0.2, 0.25) is 0 Å². The van der Waals surface area contributed by atoms with Crippen molar-refractivity contribution in [3.63, 3.8) is 0 Å². The average molecular weight is 172 g/mol. The zero-order valence-electron chi connectivity index (χ0n) is 7.43. The van der Waals surface area contributed by atoms with Crippen molar-refractivity contribution < 1.29 is 9.53 Å². The smallest absolute Gasteiger partial charge is 0.234 e. The Labute approximate surface area is 72.5 Å². The molecule has 0 aromatic carbocycles. The molecule has 1 saturated heterocycles. The number of rotatable bonds is 2. The SMILES string of the molecule is CC1(NC(=O)CN)CCOCC1. The maximum Gasteiger partial charge on any atom is 0.234 e. The van der Waals surface area contributed by atoms with Crippen LogP contribution in [0.1, 0.15) is 19.8 Å². The molecule has 1 amide bonds. The number of hydrogen-bond acceptors (Lipinski definition) is 3. The van der Waals surface area contributed by atoms with Crippen LogP contribution in [0.25, 0.3) is 0 Å². The highest BCUT2D eigenvalue weighted by Crippen LogP contribution is 2.19. The van der Waals surface area contributed by atoms with Crippen LogP contribution in [-0.2, 0) is 9.53 Å². The number of nitrogens with two attached hydrogens (primary N) is 1. The van der Waals surface area contributed by atoms with Gasteiger partial charge in [-0.2, -0.15) is 0 Å². The van der Waals surface area contributed by atoms with Gasteiger partial charge in [-0.3, -0.25) is 4.79 Å². The summed E-state index contributed by atoms with van der Waals surface area (Å²) >= 11 is 0. The second-order valence-electron chi connectivity index (χ2n) is 3.43. The molecule has 0 atom stereocenters. The number of nitrogens with one attached hydrogen (secondary N) is 1. The van der Waals surface area contributed by atoms with Crippen LogP contribution in [0.5, 0.6) is 0 Å². The quantitative estimate of drug-likeness (QED) is 0.597. The van der Waals surface area contributed by atoms with E-state index >= 15 is 0 Å². The van der Waals surface area contributed by atoms with Crippen LogP contribution in [0.3, 0.4) is 0 Å². The Bertz CT molecular complexity index is 164. The average Bonchev–Trinajstić information content (AvgIpc) is 2.05. The zero-order chi connectivity index (χ0) is 9.03. The van der Waals surface area contributed by atoms with Gasteiger partial charge in [0.15, 0.2) is 0 Å². The first-order chi connectivity index (χ1) is 5.66. The fourth-order valence-electron chi connectivity index (χ4n) is 1.33. The lowest BCUT2D eigenvalue weighted by Crippen LogP contribution is -2.51. The molecule has 0 spiro atoms. The molecule has 1 heterocycles. The third-order valence-electron chi connectivity index (χ3n) is 2.22. The van der Waals surface area contributed by atoms with Crippen molar-refractivity contribution in [2.75, 3.05) is 19.8 Å². The molecule has 4 heteroatoms. The van der Waals surface area contributed by atoms with Crippen molar-refractivity contribution in [2.45, 2.75) is 25.3 Å². The Morgan fingerprint density at radius 1 is 1.58 bits per heavy atom. The van der Waals surface area contributed by atoms with E-state index in [1.807, 2.05) is 6.92 Å². The largest absolute Gasteiger partial charge is 0.381 e. The number of amides is 1. The molecular weight excluding hydrogens is 156 g/mol. The lowest BCUT2D eigenvalue weighted by atomic mass is 9.92. The first-order valence-corrected chi connectivity index (χ1v) is 4.25. The summed E-state index contributed by atoms with van der Waals surface area (Å²) in [5, 5.41) is 2.90. The van der Waals surface area contributed by atoms with Crippen molar-refractivity contribution in [1.29, 1.82) is 0 Å². The summed E-state index contributed by atoms with van der Waals surface area (Å²) in [6.07, 6.45) is 1.75. The molecule has 70 valence electrons. The van der Waals surface area contributed by atoms with E-state index in [4.69, 9.17) is 10.5 Å². The van der Waals surface area contributed by atoms with Crippen molar-refractivity contribution in [2.24, 2.45) is 5.73 Å². The molecule has 0 unspecified atom stereocenters. The fraction of sp³-hybridized carbons (Fsp3) is 0.875. The summed E-state index contributed by atoms with van der Waals surface area (Å²) in [6.45, 7) is 3.54. The molecule has 1 aliphatic heterocycles. The zero-order valence-corrected chi connectivity index (χ0v) is 7.43. The third kappa shape index (κ3) is 2.46. The van der Waals surface area contributed by atoms with Gasteiger partial charge < -0.3 is 15.8 Å². The van der Waals surface area contributed by atoms with Crippen molar-refractivity contribution in [1.82, 2.24) is 5.32 Å². The normalized spacial score (nSPS) is 21.8. The maximum absolute atomic E-state index is 11.0. The van der Waals surface area contributed by atoms with Gasteiger partial charge in [0.2, 0.25) is 5.91 Å². The molecule has 0 aromatic rings. The molecule has 0 radical (unpaired) electrons. The van der Waals surface area contributed by atoms with Gasteiger partial charge in [0.05, 0.1) is 6.54 Å². The lowest BCUT2D eigenvalue weighted by molar-refractivity contribution is -0.122. The summed E-state index contributed by atoms with van der Waals surface area (Å²) in [6, 6.07) is 0. The van der Waals surface area contributed by atoms with Crippen molar-refractivity contribution in [3.05, 3.63) is 0 Å². The van der Waals surface area contributed by atoms with E-state index in [0.29, 0.717) is 0 Å². The minimum atomic E-state index is -0.102. The van der Waals surface area contributed by atoms with E-state index in [-0.39, 0.29) is 18.0 Å². The van der Waals surface area contributed by atoms with Gasteiger partial charge in [0.25, 0.3) is 0 Å². The van der Waals surface area contributed by atoms with Gasteiger partial charge in [-0.1, -0.05) is 0 Å². The predicted molar refractivity (Wildman–Crippen MR) is 45.7 cm³/mol. The highest BCUT2D eigenvalue weighted by molar-refractivity contribution is 5.78. The lowest BCUT2D eigenvalue weighted by Gasteiger charge is -2.34. The molecule has 0 aromatic heterocycles. The molecule has 0 bridgehead atoms. The molecule has 0 aliphatic carbocycles. The third-order valence-corrected chi connectivity index (χ3v) is 2.22. The molecule has 0 saturated carbocycles. The minimum absolute atomic E-state index is 0.0659. The van der Waals surface area contributed by atoms with E-state index < -0.39 is 0 Å². The van der Waals surface area contributed by atoms with Gasteiger partial charge in [0.1, 0.15) is 0 Å². The summed E-state index contributed by atoms with van der Waals surface area (Å²) in [4.78, 5) is 11.0. The second-order valence-corrected chi connectivity index (χ2v) is 3.43. The van der Waals surface area contributed by atoms with E-state index in [1.165, 1.54) is 0 Å². The minimum Gasteiger partial charge on any atom is -0.381 e. The molecule has 1 aliphatic rings. The maximum atomic E-state index is 11.0. The Morgan fingerprint density at radius 3 is 2.67 bits per heavy atom. The Kier molecular flexibility index (Phi) is 3.05. The van der Waals surface area contributed by atoms with Gasteiger partial charge >= 0.3 is 0 Å². The second kappa shape index (κ2) is 3.87. The summed E-state index contributed by atoms with van der Waals surface area (Å²) in [5.41, 5.74) is 5.10. The van der Waals surface area contributed by atoms with Crippen LogP contribution in [0.4, 0.5) is 0 Å². The van der Waals surface area contributed by atoms with Crippen LogP contribution >= 0.6 is 0 Å². The molecule has 12 heavy (non-hydrogen) atoms. The van der Waals surface area contributed by atoms with Crippen LogP contribution in [0, 0.1) is 0 Å². The van der Waals surface area contributed by atoms with E-state index in [1.54, 1.807) is 0 Å². The highest BCUT2D eigenvalue weighted by atomic mass is 16.5. The van der Waals surface area contributed by atoms with Gasteiger partial charge in [-0.05, 0) is 19.8 Å². The number of hydrogen-bond donors (Lipinski definition) is 2. The van der Waals surface area contributed by atoms with Crippen molar-refractivity contribution >= 4 is 5.91 Å². The standard InChI is InChI=1S/C8H16N2O2/c1-8(10-7(11)6-9)2-4-12-5-3-8/h2-6,9H2,1H3,(H,10,11). The van der Waals surface area contributed by atoms with Gasteiger partial charge in [-0.25, -0.2) is 0 Å². The first-order valence-electron chi connectivity index (χ1n) is 4.25. The fourth-order valence-corrected chi connectivity index (χ4v) is 1.33. The summed E-state index contributed by atoms with van der Waals surface area (Å²) in [5.74, 6) is -0.0839. The highest BCUT2D eigenvalue weighted by Gasteiger charge is 2.28. The Hall–Kier alpha value is -0.610. The summed E-state index contributed by atoms with van der Waals surface area (Å²) < 4.78 is 5.20. The number of carbonyl (C=O) groups is 1. The van der Waals surface area contributed by atoms with Gasteiger partial charge in [-0.15, -0.1) is 0 Å². The van der Waals surface area contributed by atoms with Crippen LogP contribution in [0.15, 0.2) is 0 Å². The summed E-state index contributed by atoms with van der Waals surface area (Å²) in [7, 11) is 0. The topological polar surface area (TPSA) is 64.4 Å². The Balaban J connectivity index is 2.41. The molecular formula is C8H16N2O2. The van der Waals surface area contributed by atoms with E-state index in [2.05, 4.69) is 5.32 Å². The number of carbonyl (C=O) groups excluding carboxylic acids is 1.